The first kappa shape index (κ1) is 18.1. The van der Waals surface area contributed by atoms with Gasteiger partial charge in [-0.25, -0.2) is 4.98 Å². The van der Waals surface area contributed by atoms with Gasteiger partial charge >= 0.3 is 0 Å². The lowest BCUT2D eigenvalue weighted by atomic mass is 10.4. The molecule has 2 N–H and O–H groups in total. The molecule has 0 aliphatic heterocycles. The van der Waals surface area contributed by atoms with Gasteiger partial charge in [-0.3, -0.25) is 9.59 Å². The predicted octanol–water partition coefficient (Wildman–Crippen LogP) is 1.45. The lowest BCUT2D eigenvalue weighted by molar-refractivity contribution is -0.118. The molecule has 0 aliphatic carbocycles. The van der Waals surface area contributed by atoms with Crippen molar-refractivity contribution < 1.29 is 14.1 Å². The average Bonchev–Trinajstić information content (AvgIpc) is 3.21. The molecule has 0 aliphatic rings. The maximum atomic E-state index is 12.0. The molecule has 0 saturated heterocycles. The number of carbonyl (C=O) groups is 2. The summed E-state index contributed by atoms with van der Waals surface area (Å²) in [5, 5.41) is 8.83. The molecule has 2 heterocycles. The van der Waals surface area contributed by atoms with Crippen molar-refractivity contribution in [2.24, 2.45) is 0 Å². The summed E-state index contributed by atoms with van der Waals surface area (Å²) in [6.45, 7) is 4.90. The molecule has 2 amide bonds. The van der Waals surface area contributed by atoms with Crippen LogP contribution >= 0.6 is 11.8 Å². The highest BCUT2D eigenvalue weighted by atomic mass is 32.2. The van der Waals surface area contributed by atoms with Crippen molar-refractivity contribution in [3.8, 4) is 0 Å². The molecule has 9 heteroatoms. The van der Waals surface area contributed by atoms with Gasteiger partial charge in [-0.15, -0.1) is 11.8 Å². The lowest BCUT2D eigenvalue weighted by Gasteiger charge is -2.10. The van der Waals surface area contributed by atoms with Crippen LogP contribution in [0.1, 0.15) is 19.1 Å². The summed E-state index contributed by atoms with van der Waals surface area (Å²) in [6, 6.07) is 1.64. The van der Waals surface area contributed by atoms with Gasteiger partial charge in [-0.1, -0.05) is 5.16 Å². The third-order valence-corrected chi connectivity index (χ3v) is 4.33. The highest BCUT2D eigenvalue weighted by Gasteiger charge is 2.16. The van der Waals surface area contributed by atoms with Gasteiger partial charge in [0.05, 0.1) is 17.3 Å². The number of nitrogens with zero attached hydrogens (tertiary/aromatic N) is 3. The van der Waals surface area contributed by atoms with E-state index in [-0.39, 0.29) is 22.8 Å². The molecule has 0 unspecified atom stereocenters. The Hall–Kier alpha value is -2.29. The first-order valence-corrected chi connectivity index (χ1v) is 8.67. The fourth-order valence-electron chi connectivity index (χ4n) is 1.89. The van der Waals surface area contributed by atoms with Crippen LogP contribution in [0.5, 0.6) is 0 Å². The highest BCUT2D eigenvalue weighted by molar-refractivity contribution is 8.01. The molecule has 0 radical (unpaired) electrons. The zero-order chi connectivity index (χ0) is 17.4. The van der Waals surface area contributed by atoms with E-state index in [1.165, 1.54) is 11.8 Å². The molecule has 1 atom stereocenters. The monoisotopic (exact) mass is 351 g/mol. The molecular formula is C15H21N5O3S. The first-order chi connectivity index (χ1) is 11.5. The van der Waals surface area contributed by atoms with Crippen LogP contribution < -0.4 is 10.6 Å². The molecule has 0 saturated carbocycles. The Balaban J connectivity index is 1.59. The quantitative estimate of drug-likeness (QED) is 0.663. The summed E-state index contributed by atoms with van der Waals surface area (Å²) in [4.78, 5) is 27.7. The summed E-state index contributed by atoms with van der Waals surface area (Å²) < 4.78 is 6.84. The number of rotatable bonds is 9. The molecular weight excluding hydrogens is 330 g/mol. The Bertz CT molecular complexity index is 656. The normalized spacial score (nSPS) is 11.9. The van der Waals surface area contributed by atoms with Crippen molar-refractivity contribution in [2.45, 2.75) is 32.1 Å². The van der Waals surface area contributed by atoms with E-state index >= 15 is 0 Å². The third-order valence-electron chi connectivity index (χ3n) is 3.19. The Labute approximate surface area is 144 Å². The molecule has 2 aromatic heterocycles. The maximum Gasteiger partial charge on any atom is 0.238 e. The number of amides is 2. The number of aromatic nitrogens is 3. The minimum Gasteiger partial charge on any atom is -0.360 e. The van der Waals surface area contributed by atoms with Crippen LogP contribution in [-0.4, -0.2) is 44.1 Å². The van der Waals surface area contributed by atoms with Crippen molar-refractivity contribution in [3.05, 3.63) is 30.5 Å². The minimum atomic E-state index is -0.362. The number of thioether (sulfide) groups is 1. The Morgan fingerprint density at radius 2 is 2.29 bits per heavy atom. The van der Waals surface area contributed by atoms with Crippen LogP contribution in [0.15, 0.2) is 29.3 Å². The van der Waals surface area contributed by atoms with Crippen molar-refractivity contribution in [1.82, 2.24) is 20.0 Å². The Morgan fingerprint density at radius 1 is 1.46 bits per heavy atom. The van der Waals surface area contributed by atoms with Crippen LogP contribution in [0, 0.1) is 6.92 Å². The van der Waals surface area contributed by atoms with Gasteiger partial charge < -0.3 is 19.7 Å². The summed E-state index contributed by atoms with van der Waals surface area (Å²) in [5.74, 6) is 0.954. The van der Waals surface area contributed by atoms with Crippen molar-refractivity contribution >= 4 is 29.4 Å². The van der Waals surface area contributed by atoms with E-state index in [0.717, 1.165) is 13.0 Å². The van der Waals surface area contributed by atoms with Gasteiger partial charge in [0, 0.05) is 31.5 Å². The second-order valence-electron chi connectivity index (χ2n) is 5.27. The summed E-state index contributed by atoms with van der Waals surface area (Å²) in [5.41, 5.74) is 0. The van der Waals surface area contributed by atoms with Gasteiger partial charge in [-0.2, -0.15) is 0 Å². The predicted molar refractivity (Wildman–Crippen MR) is 91.6 cm³/mol. The number of anilines is 1. The fraction of sp³-hybridized carbons (Fsp3) is 0.467. The smallest absolute Gasteiger partial charge is 0.238 e. The largest absolute Gasteiger partial charge is 0.360 e. The van der Waals surface area contributed by atoms with E-state index in [1.54, 1.807) is 32.4 Å². The zero-order valence-corrected chi connectivity index (χ0v) is 14.5. The second-order valence-corrected chi connectivity index (χ2v) is 6.60. The molecule has 8 nitrogen and oxygen atoms in total. The number of carbonyl (C=O) groups excluding carboxylic acids is 2. The maximum absolute atomic E-state index is 12.0. The molecule has 0 fully saturated rings. The fourth-order valence-corrected chi connectivity index (χ4v) is 2.60. The summed E-state index contributed by atoms with van der Waals surface area (Å²) in [6.07, 6.45) is 6.18. The van der Waals surface area contributed by atoms with Crippen LogP contribution in [0.2, 0.25) is 0 Å². The zero-order valence-electron chi connectivity index (χ0n) is 13.7. The number of hydrogen-bond acceptors (Lipinski definition) is 6. The molecule has 0 spiro atoms. The molecule has 130 valence electrons. The summed E-state index contributed by atoms with van der Waals surface area (Å²) in [7, 11) is 0. The van der Waals surface area contributed by atoms with E-state index < -0.39 is 0 Å². The minimum absolute atomic E-state index is 0.0810. The van der Waals surface area contributed by atoms with E-state index in [4.69, 9.17) is 4.52 Å². The van der Waals surface area contributed by atoms with Crippen LogP contribution in [0.4, 0.5) is 5.82 Å². The first-order valence-electron chi connectivity index (χ1n) is 7.63. The van der Waals surface area contributed by atoms with Crippen LogP contribution in [0.25, 0.3) is 0 Å². The van der Waals surface area contributed by atoms with E-state index in [9.17, 15) is 9.59 Å². The van der Waals surface area contributed by atoms with Crippen LogP contribution in [-0.2, 0) is 16.1 Å². The SMILES string of the molecule is Cc1cc(NC(=O)[C@@H](C)SCC(=O)NCCCn2ccnc2)no1. The van der Waals surface area contributed by atoms with Crippen molar-refractivity contribution in [2.75, 3.05) is 17.6 Å². The second kappa shape index (κ2) is 9.11. The molecule has 0 bridgehead atoms. The van der Waals surface area contributed by atoms with Gasteiger partial charge in [0.15, 0.2) is 5.82 Å². The molecule has 2 aromatic rings. The van der Waals surface area contributed by atoms with Crippen molar-refractivity contribution in [1.29, 1.82) is 0 Å². The lowest BCUT2D eigenvalue weighted by Crippen LogP contribution is -2.29. The van der Waals surface area contributed by atoms with Crippen molar-refractivity contribution in [3.63, 3.8) is 0 Å². The number of nitrogens with one attached hydrogen (secondary N) is 2. The van der Waals surface area contributed by atoms with E-state index in [1.807, 2.05) is 10.8 Å². The van der Waals surface area contributed by atoms with E-state index in [2.05, 4.69) is 20.8 Å². The van der Waals surface area contributed by atoms with Gasteiger partial charge in [-0.05, 0) is 20.3 Å². The molecule has 2 rings (SSSR count). The van der Waals surface area contributed by atoms with Gasteiger partial charge in [0.25, 0.3) is 0 Å². The highest BCUT2D eigenvalue weighted by Crippen LogP contribution is 2.14. The standard InChI is InChI=1S/C15H21N5O3S/c1-11-8-13(19-23-11)18-15(22)12(2)24-9-14(21)17-4-3-6-20-7-5-16-10-20/h5,7-8,10,12H,3-4,6,9H2,1-2H3,(H,17,21)(H,18,19,22)/t12-/m1/s1. The van der Waals surface area contributed by atoms with E-state index in [0.29, 0.717) is 18.1 Å². The Kier molecular flexibility index (Phi) is 6.86. The summed E-state index contributed by atoms with van der Waals surface area (Å²) >= 11 is 1.28. The number of imidazole rings is 1. The molecule has 0 aromatic carbocycles. The number of hydrogen-bond donors (Lipinski definition) is 2. The van der Waals surface area contributed by atoms with Crippen LogP contribution in [0.3, 0.4) is 0 Å². The molecule has 24 heavy (non-hydrogen) atoms. The topological polar surface area (TPSA) is 102 Å². The average molecular weight is 351 g/mol. The van der Waals surface area contributed by atoms with Gasteiger partial charge in [0.2, 0.25) is 11.8 Å². The third kappa shape index (κ3) is 6.07. The number of aryl methyl sites for hydroxylation is 2. The van der Waals surface area contributed by atoms with Gasteiger partial charge in [0.1, 0.15) is 5.76 Å². The Morgan fingerprint density at radius 3 is 2.96 bits per heavy atom.